The zero-order valence-corrected chi connectivity index (χ0v) is 12.4. The van der Waals surface area contributed by atoms with Crippen LogP contribution in [-0.4, -0.2) is 10.6 Å². The second-order valence-electron chi connectivity index (χ2n) is 5.08. The molecule has 2 aromatic rings. The molecule has 2 N–H and O–H groups in total. The van der Waals surface area contributed by atoms with Gasteiger partial charge in [0.25, 0.3) is 0 Å². The molecule has 102 valence electrons. The van der Waals surface area contributed by atoms with Crippen molar-refractivity contribution >= 4 is 11.6 Å². The molecule has 0 saturated heterocycles. The van der Waals surface area contributed by atoms with Gasteiger partial charge in [0.1, 0.15) is 6.54 Å². The van der Waals surface area contributed by atoms with Gasteiger partial charge in [-0.2, -0.15) is 0 Å². The van der Waals surface area contributed by atoms with E-state index in [1.807, 2.05) is 18.2 Å². The highest BCUT2D eigenvalue weighted by Crippen LogP contribution is 2.13. The normalized spacial score (nSPS) is 12.6. The van der Waals surface area contributed by atoms with E-state index in [1.165, 1.54) is 17.7 Å². The van der Waals surface area contributed by atoms with E-state index < -0.39 is 0 Å². The molecule has 2 nitrogen and oxygen atoms in total. The first-order chi connectivity index (χ1) is 9.19. The van der Waals surface area contributed by atoms with Gasteiger partial charge in [-0.1, -0.05) is 30.7 Å². The summed E-state index contributed by atoms with van der Waals surface area (Å²) >= 11 is 6.03. The molecule has 2 rings (SSSR count). The van der Waals surface area contributed by atoms with Crippen molar-refractivity contribution in [3.8, 4) is 0 Å². The van der Waals surface area contributed by atoms with E-state index in [2.05, 4.69) is 48.1 Å². The van der Waals surface area contributed by atoms with Crippen LogP contribution >= 0.6 is 11.6 Å². The maximum absolute atomic E-state index is 6.03. The monoisotopic (exact) mass is 277 g/mol. The molecule has 0 amide bonds. The Morgan fingerprint density at radius 3 is 2.84 bits per heavy atom. The number of benzene rings is 1. The van der Waals surface area contributed by atoms with Crippen molar-refractivity contribution < 1.29 is 5.32 Å². The third-order valence-electron chi connectivity index (χ3n) is 3.54. The fraction of sp³-hybridized carbons (Fsp3) is 0.375. The van der Waals surface area contributed by atoms with Gasteiger partial charge in [-0.3, -0.25) is 0 Å². The summed E-state index contributed by atoms with van der Waals surface area (Å²) in [5.74, 6) is 0. The second kappa shape index (κ2) is 6.78. The summed E-state index contributed by atoms with van der Waals surface area (Å²) in [5.41, 5.74) is 2.61. The van der Waals surface area contributed by atoms with Crippen LogP contribution < -0.4 is 5.32 Å². The number of rotatable bonds is 6. The maximum atomic E-state index is 6.03. The molecule has 0 aliphatic rings. The Morgan fingerprint density at radius 1 is 1.26 bits per heavy atom. The average molecular weight is 278 g/mol. The first-order valence-corrected chi connectivity index (χ1v) is 7.28. The fourth-order valence-corrected chi connectivity index (χ4v) is 2.32. The summed E-state index contributed by atoms with van der Waals surface area (Å²) in [6.07, 6.45) is 3.34. The summed E-state index contributed by atoms with van der Waals surface area (Å²) in [6, 6.07) is 13.1. The van der Waals surface area contributed by atoms with Gasteiger partial charge in [0.2, 0.25) is 0 Å². The van der Waals surface area contributed by atoms with Crippen LogP contribution in [0.15, 0.2) is 42.6 Å². The summed E-state index contributed by atoms with van der Waals surface area (Å²) in [6.45, 7) is 6.41. The van der Waals surface area contributed by atoms with Gasteiger partial charge in [-0.05, 0) is 43.2 Å². The van der Waals surface area contributed by atoms with Crippen molar-refractivity contribution in [1.82, 2.24) is 4.57 Å². The van der Waals surface area contributed by atoms with E-state index >= 15 is 0 Å². The van der Waals surface area contributed by atoms with Crippen molar-refractivity contribution in [2.75, 3.05) is 0 Å². The molecule has 0 spiro atoms. The van der Waals surface area contributed by atoms with Crippen LogP contribution in [0.25, 0.3) is 0 Å². The number of nitrogens with zero attached hydrogens (tertiary/aromatic N) is 1. The van der Waals surface area contributed by atoms with Crippen LogP contribution in [0.4, 0.5) is 0 Å². The van der Waals surface area contributed by atoms with Gasteiger partial charge in [-0.15, -0.1) is 0 Å². The molecule has 0 fully saturated rings. The minimum atomic E-state index is 0.675. The minimum Gasteiger partial charge on any atom is -0.342 e. The van der Waals surface area contributed by atoms with Crippen LogP contribution in [-0.2, 0) is 13.1 Å². The number of hydrogen-bond donors (Lipinski definition) is 1. The molecular formula is C16H22ClN2+. The molecule has 0 saturated carbocycles. The maximum Gasteiger partial charge on any atom is 0.117 e. The van der Waals surface area contributed by atoms with E-state index in [4.69, 9.17) is 11.6 Å². The zero-order chi connectivity index (χ0) is 13.7. The Bertz CT molecular complexity index is 519. The highest BCUT2D eigenvalue weighted by Gasteiger charge is 2.06. The highest BCUT2D eigenvalue weighted by atomic mass is 35.5. The van der Waals surface area contributed by atoms with Crippen molar-refractivity contribution in [1.29, 1.82) is 0 Å². The first-order valence-electron chi connectivity index (χ1n) is 6.91. The molecular weight excluding hydrogens is 256 g/mol. The quantitative estimate of drug-likeness (QED) is 0.838. The number of aromatic nitrogens is 1. The summed E-state index contributed by atoms with van der Waals surface area (Å²) < 4.78 is 2.30. The van der Waals surface area contributed by atoms with Crippen molar-refractivity contribution in [2.24, 2.45) is 0 Å². The topological polar surface area (TPSA) is 21.5 Å². The Morgan fingerprint density at radius 2 is 2.11 bits per heavy atom. The van der Waals surface area contributed by atoms with Crippen molar-refractivity contribution in [3.05, 3.63) is 58.9 Å². The average Bonchev–Trinajstić information content (AvgIpc) is 2.83. The third-order valence-corrected chi connectivity index (χ3v) is 3.77. The fourth-order valence-electron chi connectivity index (χ4n) is 2.11. The van der Waals surface area contributed by atoms with Crippen LogP contribution in [0.1, 0.15) is 31.5 Å². The number of hydrogen-bond acceptors (Lipinski definition) is 0. The Hall–Kier alpha value is -1.25. The number of quaternary nitrogens is 1. The summed E-state index contributed by atoms with van der Waals surface area (Å²) in [5, 5.41) is 3.20. The van der Waals surface area contributed by atoms with Crippen molar-refractivity contribution in [3.63, 3.8) is 0 Å². The molecule has 0 unspecified atom stereocenters. The SMILES string of the molecule is CC[C@@H](C)[NH2+]Cc1cccn1Cc1cccc(Cl)c1. The van der Waals surface area contributed by atoms with E-state index in [1.54, 1.807) is 0 Å². The largest absolute Gasteiger partial charge is 0.342 e. The Kier molecular flexibility index (Phi) is 5.06. The molecule has 19 heavy (non-hydrogen) atoms. The van der Waals surface area contributed by atoms with Gasteiger partial charge < -0.3 is 9.88 Å². The third kappa shape index (κ3) is 4.12. The predicted molar refractivity (Wildman–Crippen MR) is 80.4 cm³/mol. The smallest absolute Gasteiger partial charge is 0.117 e. The Balaban J connectivity index is 2.03. The van der Waals surface area contributed by atoms with Crippen molar-refractivity contribution in [2.45, 2.75) is 39.4 Å². The molecule has 0 aliphatic carbocycles. The van der Waals surface area contributed by atoms with Gasteiger partial charge in [0, 0.05) is 17.8 Å². The zero-order valence-electron chi connectivity index (χ0n) is 11.6. The highest BCUT2D eigenvalue weighted by molar-refractivity contribution is 6.30. The van der Waals surface area contributed by atoms with E-state index in [0.29, 0.717) is 6.04 Å². The molecule has 1 aromatic carbocycles. The number of halogens is 1. The second-order valence-corrected chi connectivity index (χ2v) is 5.52. The standard InChI is InChI=1S/C16H21ClN2/c1-3-13(2)18-11-16-8-5-9-19(16)12-14-6-4-7-15(17)10-14/h4-10,13,18H,3,11-12H2,1-2H3/p+1/t13-/m1/s1. The molecule has 3 heteroatoms. The van der Waals surface area contributed by atoms with Crippen LogP contribution in [0.2, 0.25) is 5.02 Å². The molecule has 1 heterocycles. The van der Waals surface area contributed by atoms with E-state index in [-0.39, 0.29) is 0 Å². The number of nitrogens with two attached hydrogens (primary N) is 1. The first kappa shape index (κ1) is 14.2. The summed E-state index contributed by atoms with van der Waals surface area (Å²) in [4.78, 5) is 0. The van der Waals surface area contributed by atoms with Gasteiger partial charge in [-0.25, -0.2) is 0 Å². The van der Waals surface area contributed by atoms with Crippen LogP contribution in [0.5, 0.6) is 0 Å². The molecule has 0 radical (unpaired) electrons. The lowest BCUT2D eigenvalue weighted by Gasteiger charge is -2.11. The van der Waals surface area contributed by atoms with Gasteiger partial charge in [0.05, 0.1) is 11.7 Å². The summed E-state index contributed by atoms with van der Waals surface area (Å²) in [7, 11) is 0. The lowest BCUT2D eigenvalue weighted by molar-refractivity contribution is -0.702. The van der Waals surface area contributed by atoms with E-state index in [9.17, 15) is 0 Å². The molecule has 0 bridgehead atoms. The minimum absolute atomic E-state index is 0.675. The molecule has 1 aromatic heterocycles. The Labute approximate surface area is 120 Å². The lowest BCUT2D eigenvalue weighted by Crippen LogP contribution is -2.87. The van der Waals surface area contributed by atoms with Crippen LogP contribution in [0.3, 0.4) is 0 Å². The molecule has 1 atom stereocenters. The lowest BCUT2D eigenvalue weighted by atomic mass is 10.2. The van der Waals surface area contributed by atoms with Crippen LogP contribution in [0, 0.1) is 0 Å². The van der Waals surface area contributed by atoms with Gasteiger partial charge in [0.15, 0.2) is 0 Å². The van der Waals surface area contributed by atoms with E-state index in [0.717, 1.165) is 18.1 Å². The predicted octanol–water partition coefficient (Wildman–Crippen LogP) is 3.05. The van der Waals surface area contributed by atoms with Gasteiger partial charge >= 0.3 is 0 Å². The molecule has 0 aliphatic heterocycles.